The lowest BCUT2D eigenvalue weighted by atomic mass is 10.0. The molecule has 2 aromatic rings. The van der Waals surface area contributed by atoms with Crippen molar-refractivity contribution < 1.29 is 14.3 Å². The summed E-state index contributed by atoms with van der Waals surface area (Å²) < 4.78 is 10.8. The van der Waals surface area contributed by atoms with Gasteiger partial charge in [0, 0.05) is 6.04 Å². The van der Waals surface area contributed by atoms with Gasteiger partial charge in [0.15, 0.2) is 0 Å². The fourth-order valence-corrected chi connectivity index (χ4v) is 2.16. The van der Waals surface area contributed by atoms with E-state index in [1.165, 1.54) is 0 Å². The molecule has 0 saturated heterocycles. The lowest BCUT2D eigenvalue weighted by Gasteiger charge is -2.24. The Morgan fingerprint density at radius 3 is 2.23 bits per heavy atom. The van der Waals surface area contributed by atoms with Gasteiger partial charge in [-0.05, 0) is 43.8 Å². The molecule has 1 N–H and O–H groups in total. The summed E-state index contributed by atoms with van der Waals surface area (Å²) >= 11 is 0. The Labute approximate surface area is 131 Å². The van der Waals surface area contributed by atoms with Gasteiger partial charge in [0.2, 0.25) is 0 Å². The van der Waals surface area contributed by atoms with Crippen molar-refractivity contribution in [3.8, 4) is 5.75 Å². The molecule has 0 unspecified atom stereocenters. The minimum absolute atomic E-state index is 0.00426. The number of carbonyl (C=O) groups is 1. The van der Waals surface area contributed by atoms with E-state index < -0.39 is 0 Å². The first kappa shape index (κ1) is 16.0. The number of methoxy groups -OCH3 is 1. The maximum Gasteiger partial charge on any atom is 0.338 e. The standard InChI is InChI=1S/C18H21NO3/c1-13(19-2)17(14-7-5-4-6-8-14)22-18(20)15-9-11-16(21-3)12-10-15/h4-13,17,19H,1-3H3/t13-,17+/m1/s1. The van der Waals surface area contributed by atoms with Crippen LogP contribution in [-0.2, 0) is 4.74 Å². The molecule has 0 saturated carbocycles. The summed E-state index contributed by atoms with van der Waals surface area (Å²) in [5.74, 6) is 0.360. The molecule has 116 valence electrons. The summed E-state index contributed by atoms with van der Waals surface area (Å²) in [7, 11) is 3.44. The fourth-order valence-electron chi connectivity index (χ4n) is 2.16. The van der Waals surface area contributed by atoms with Crippen molar-refractivity contribution >= 4 is 5.97 Å². The smallest absolute Gasteiger partial charge is 0.338 e. The van der Waals surface area contributed by atoms with E-state index in [2.05, 4.69) is 5.32 Å². The topological polar surface area (TPSA) is 47.6 Å². The highest BCUT2D eigenvalue weighted by atomic mass is 16.5. The molecule has 2 aromatic carbocycles. The van der Waals surface area contributed by atoms with Crippen molar-refractivity contribution in [1.29, 1.82) is 0 Å². The SMILES string of the molecule is CN[C@H](C)[C@H](OC(=O)c1ccc(OC)cc1)c1ccccc1. The molecule has 4 heteroatoms. The Balaban J connectivity index is 2.17. The third kappa shape index (κ3) is 3.86. The zero-order valence-electron chi connectivity index (χ0n) is 13.1. The van der Waals surface area contributed by atoms with Gasteiger partial charge < -0.3 is 14.8 Å². The van der Waals surface area contributed by atoms with Gasteiger partial charge in [-0.3, -0.25) is 0 Å². The third-order valence-corrected chi connectivity index (χ3v) is 3.60. The van der Waals surface area contributed by atoms with Crippen LogP contribution >= 0.6 is 0 Å². The third-order valence-electron chi connectivity index (χ3n) is 3.60. The van der Waals surface area contributed by atoms with Crippen LogP contribution < -0.4 is 10.1 Å². The zero-order valence-corrected chi connectivity index (χ0v) is 13.1. The highest BCUT2D eigenvalue weighted by Crippen LogP contribution is 2.23. The Bertz CT molecular complexity index is 595. The van der Waals surface area contributed by atoms with Gasteiger partial charge in [0.25, 0.3) is 0 Å². The van der Waals surface area contributed by atoms with Gasteiger partial charge in [-0.1, -0.05) is 30.3 Å². The largest absolute Gasteiger partial charge is 0.497 e. The average Bonchev–Trinajstić information content (AvgIpc) is 2.59. The summed E-state index contributed by atoms with van der Waals surface area (Å²) in [5, 5.41) is 3.14. The molecule has 2 atom stereocenters. The second-order valence-electron chi connectivity index (χ2n) is 5.04. The quantitative estimate of drug-likeness (QED) is 0.832. The van der Waals surface area contributed by atoms with Gasteiger partial charge in [-0.15, -0.1) is 0 Å². The van der Waals surface area contributed by atoms with E-state index in [0.717, 1.165) is 5.56 Å². The predicted octanol–water partition coefficient (Wildman–Crippen LogP) is 3.20. The number of hydrogen-bond acceptors (Lipinski definition) is 4. The number of hydrogen-bond donors (Lipinski definition) is 1. The number of esters is 1. The molecule has 0 aliphatic carbocycles. The van der Waals surface area contributed by atoms with Crippen LogP contribution in [0, 0.1) is 0 Å². The number of benzene rings is 2. The maximum absolute atomic E-state index is 12.4. The van der Waals surface area contributed by atoms with E-state index in [1.807, 2.05) is 44.3 Å². The van der Waals surface area contributed by atoms with E-state index in [1.54, 1.807) is 31.4 Å². The molecule has 0 aliphatic heterocycles. The van der Waals surface area contributed by atoms with Crippen molar-refractivity contribution in [2.24, 2.45) is 0 Å². The number of likely N-dealkylation sites (N-methyl/N-ethyl adjacent to an activating group) is 1. The molecule has 22 heavy (non-hydrogen) atoms. The van der Waals surface area contributed by atoms with Crippen molar-refractivity contribution in [3.05, 3.63) is 65.7 Å². The average molecular weight is 299 g/mol. The summed E-state index contributed by atoms with van der Waals surface area (Å²) in [6.45, 7) is 1.99. The number of rotatable bonds is 6. The molecule has 0 aliphatic rings. The Kier molecular flexibility index (Phi) is 5.55. The first-order valence-corrected chi connectivity index (χ1v) is 7.23. The minimum Gasteiger partial charge on any atom is -0.497 e. The van der Waals surface area contributed by atoms with Crippen LogP contribution in [0.2, 0.25) is 0 Å². The van der Waals surface area contributed by atoms with Gasteiger partial charge in [0.05, 0.1) is 12.7 Å². The molecule has 2 rings (SSSR count). The zero-order chi connectivity index (χ0) is 15.9. The van der Waals surface area contributed by atoms with Gasteiger partial charge in [-0.25, -0.2) is 4.79 Å². The first-order chi connectivity index (χ1) is 10.7. The number of ether oxygens (including phenoxy) is 2. The van der Waals surface area contributed by atoms with Gasteiger partial charge >= 0.3 is 5.97 Å². The van der Waals surface area contributed by atoms with Gasteiger partial charge in [-0.2, -0.15) is 0 Å². The van der Waals surface area contributed by atoms with Crippen molar-refractivity contribution in [1.82, 2.24) is 5.32 Å². The van der Waals surface area contributed by atoms with Crippen LogP contribution in [0.3, 0.4) is 0 Å². The maximum atomic E-state index is 12.4. The normalized spacial score (nSPS) is 13.2. The van der Waals surface area contributed by atoms with Crippen molar-refractivity contribution in [3.63, 3.8) is 0 Å². The second kappa shape index (κ2) is 7.61. The molecule has 0 bridgehead atoms. The minimum atomic E-state index is -0.349. The summed E-state index contributed by atoms with van der Waals surface area (Å²) in [6, 6.07) is 16.6. The second-order valence-corrected chi connectivity index (χ2v) is 5.04. The van der Waals surface area contributed by atoms with E-state index >= 15 is 0 Å². The number of carbonyl (C=O) groups excluding carboxylic acids is 1. The van der Waals surface area contributed by atoms with Crippen LogP contribution in [0.15, 0.2) is 54.6 Å². The molecule has 0 spiro atoms. The Morgan fingerprint density at radius 2 is 1.68 bits per heavy atom. The summed E-state index contributed by atoms with van der Waals surface area (Å²) in [4.78, 5) is 12.4. The molecule has 4 nitrogen and oxygen atoms in total. The Hall–Kier alpha value is -2.33. The predicted molar refractivity (Wildman–Crippen MR) is 86.1 cm³/mol. The fraction of sp³-hybridized carbons (Fsp3) is 0.278. The van der Waals surface area contributed by atoms with E-state index in [0.29, 0.717) is 11.3 Å². The van der Waals surface area contributed by atoms with Crippen LogP contribution in [-0.4, -0.2) is 26.2 Å². The molecule has 0 heterocycles. The molecule has 0 amide bonds. The monoisotopic (exact) mass is 299 g/mol. The molecule has 0 radical (unpaired) electrons. The molecule has 0 fully saturated rings. The van der Waals surface area contributed by atoms with Crippen LogP contribution in [0.1, 0.15) is 28.9 Å². The van der Waals surface area contributed by atoms with Crippen molar-refractivity contribution in [2.45, 2.75) is 19.1 Å². The molecular formula is C18H21NO3. The summed E-state index contributed by atoms with van der Waals surface area (Å²) in [6.07, 6.45) is -0.346. The highest BCUT2D eigenvalue weighted by molar-refractivity contribution is 5.89. The molecule has 0 aromatic heterocycles. The van der Waals surface area contributed by atoms with Crippen LogP contribution in [0.5, 0.6) is 5.75 Å². The highest BCUT2D eigenvalue weighted by Gasteiger charge is 2.23. The number of nitrogens with one attached hydrogen (secondary N) is 1. The summed E-state index contributed by atoms with van der Waals surface area (Å²) in [5.41, 5.74) is 1.47. The lowest BCUT2D eigenvalue weighted by molar-refractivity contribution is 0.0219. The lowest BCUT2D eigenvalue weighted by Crippen LogP contribution is -2.32. The van der Waals surface area contributed by atoms with Crippen LogP contribution in [0.4, 0.5) is 0 Å². The Morgan fingerprint density at radius 1 is 1.05 bits per heavy atom. The van der Waals surface area contributed by atoms with Crippen molar-refractivity contribution in [2.75, 3.05) is 14.2 Å². The van der Waals surface area contributed by atoms with E-state index in [4.69, 9.17) is 9.47 Å². The molecular weight excluding hydrogens is 278 g/mol. The van der Waals surface area contributed by atoms with Gasteiger partial charge in [0.1, 0.15) is 11.9 Å². The van der Waals surface area contributed by atoms with E-state index in [-0.39, 0.29) is 18.1 Å². The van der Waals surface area contributed by atoms with Crippen LogP contribution in [0.25, 0.3) is 0 Å². The van der Waals surface area contributed by atoms with E-state index in [9.17, 15) is 4.79 Å². The first-order valence-electron chi connectivity index (χ1n) is 7.23.